The zero-order chi connectivity index (χ0) is 11.4. The summed E-state index contributed by atoms with van der Waals surface area (Å²) in [7, 11) is 1.68. The lowest BCUT2D eigenvalue weighted by atomic mass is 10.1. The SMILES string of the molecule is COc1ccc2cc(NCCN)ccc2c1. The Hall–Kier alpha value is -1.74. The number of hydrogen-bond acceptors (Lipinski definition) is 3. The molecule has 2 rings (SSSR count). The molecule has 0 saturated carbocycles. The highest BCUT2D eigenvalue weighted by molar-refractivity contribution is 5.86. The van der Waals surface area contributed by atoms with Gasteiger partial charge in [-0.25, -0.2) is 0 Å². The fourth-order valence-corrected chi connectivity index (χ4v) is 1.68. The number of benzene rings is 2. The van der Waals surface area contributed by atoms with E-state index in [1.165, 1.54) is 10.8 Å². The highest BCUT2D eigenvalue weighted by Crippen LogP contribution is 2.23. The number of ether oxygens (including phenoxy) is 1. The largest absolute Gasteiger partial charge is 0.497 e. The Morgan fingerprint density at radius 1 is 1.12 bits per heavy atom. The molecule has 0 atom stereocenters. The second-order valence-corrected chi connectivity index (χ2v) is 3.64. The second kappa shape index (κ2) is 4.86. The zero-order valence-corrected chi connectivity index (χ0v) is 9.36. The molecule has 0 bridgehead atoms. The van der Waals surface area contributed by atoms with Crippen LogP contribution >= 0.6 is 0 Å². The molecule has 16 heavy (non-hydrogen) atoms. The van der Waals surface area contributed by atoms with E-state index in [0.717, 1.165) is 18.0 Å². The Bertz CT molecular complexity index is 482. The van der Waals surface area contributed by atoms with Gasteiger partial charge in [0.25, 0.3) is 0 Å². The fraction of sp³-hybridized carbons (Fsp3) is 0.231. The van der Waals surface area contributed by atoms with E-state index in [1.807, 2.05) is 12.1 Å². The van der Waals surface area contributed by atoms with Crippen LogP contribution in [0, 0.1) is 0 Å². The van der Waals surface area contributed by atoms with Crippen LogP contribution in [0.25, 0.3) is 10.8 Å². The molecule has 0 aliphatic carbocycles. The summed E-state index contributed by atoms with van der Waals surface area (Å²) in [5.41, 5.74) is 6.55. The lowest BCUT2D eigenvalue weighted by Crippen LogP contribution is -2.12. The molecule has 2 aromatic rings. The molecule has 0 aliphatic rings. The van der Waals surface area contributed by atoms with Gasteiger partial charge < -0.3 is 15.8 Å². The first-order valence-electron chi connectivity index (χ1n) is 5.35. The predicted octanol–water partition coefficient (Wildman–Crippen LogP) is 2.22. The third-order valence-corrected chi connectivity index (χ3v) is 2.52. The van der Waals surface area contributed by atoms with Crippen molar-refractivity contribution in [2.24, 2.45) is 5.73 Å². The van der Waals surface area contributed by atoms with E-state index in [9.17, 15) is 0 Å². The van der Waals surface area contributed by atoms with Crippen LogP contribution in [0.1, 0.15) is 0 Å². The molecule has 84 valence electrons. The van der Waals surface area contributed by atoms with Gasteiger partial charge in [0, 0.05) is 18.8 Å². The highest BCUT2D eigenvalue weighted by Gasteiger charge is 1.98. The van der Waals surface area contributed by atoms with E-state index in [0.29, 0.717) is 6.54 Å². The Morgan fingerprint density at radius 2 is 1.88 bits per heavy atom. The Morgan fingerprint density at radius 3 is 2.62 bits per heavy atom. The van der Waals surface area contributed by atoms with E-state index in [-0.39, 0.29) is 0 Å². The average Bonchev–Trinajstić information content (AvgIpc) is 2.35. The third-order valence-electron chi connectivity index (χ3n) is 2.52. The normalized spacial score (nSPS) is 10.4. The molecular formula is C13H16N2O. The number of rotatable bonds is 4. The van der Waals surface area contributed by atoms with Crippen LogP contribution in [0.2, 0.25) is 0 Å². The van der Waals surface area contributed by atoms with Gasteiger partial charge in [0.05, 0.1) is 7.11 Å². The van der Waals surface area contributed by atoms with Gasteiger partial charge in [-0.3, -0.25) is 0 Å². The number of nitrogens with two attached hydrogens (primary N) is 1. The zero-order valence-electron chi connectivity index (χ0n) is 9.36. The maximum atomic E-state index is 5.45. The van der Waals surface area contributed by atoms with Gasteiger partial charge in [0.2, 0.25) is 0 Å². The van der Waals surface area contributed by atoms with E-state index in [1.54, 1.807) is 7.11 Å². The first-order chi connectivity index (χ1) is 7.83. The van der Waals surface area contributed by atoms with Crippen LogP contribution in [0.15, 0.2) is 36.4 Å². The van der Waals surface area contributed by atoms with Crippen molar-refractivity contribution in [3.8, 4) is 5.75 Å². The van der Waals surface area contributed by atoms with E-state index >= 15 is 0 Å². The number of fused-ring (bicyclic) bond motifs is 1. The molecule has 3 N–H and O–H groups in total. The van der Waals surface area contributed by atoms with Crippen molar-refractivity contribution >= 4 is 16.5 Å². The summed E-state index contributed by atoms with van der Waals surface area (Å²) >= 11 is 0. The maximum Gasteiger partial charge on any atom is 0.119 e. The van der Waals surface area contributed by atoms with Gasteiger partial charge >= 0.3 is 0 Å². The van der Waals surface area contributed by atoms with Gasteiger partial charge in [0.1, 0.15) is 5.75 Å². The Labute approximate surface area is 95.2 Å². The molecule has 0 fully saturated rings. The van der Waals surface area contributed by atoms with E-state index in [4.69, 9.17) is 10.5 Å². The summed E-state index contributed by atoms with van der Waals surface area (Å²) in [5.74, 6) is 0.884. The summed E-state index contributed by atoms with van der Waals surface area (Å²) in [5, 5.41) is 5.63. The molecule has 2 aromatic carbocycles. The summed E-state index contributed by atoms with van der Waals surface area (Å²) < 4.78 is 5.19. The highest BCUT2D eigenvalue weighted by atomic mass is 16.5. The number of anilines is 1. The van der Waals surface area contributed by atoms with Crippen molar-refractivity contribution in [3.63, 3.8) is 0 Å². The smallest absolute Gasteiger partial charge is 0.119 e. The van der Waals surface area contributed by atoms with Gasteiger partial charge in [-0.05, 0) is 35.0 Å². The minimum atomic E-state index is 0.640. The van der Waals surface area contributed by atoms with Crippen LogP contribution in [0.4, 0.5) is 5.69 Å². The van der Waals surface area contributed by atoms with Gasteiger partial charge in [-0.2, -0.15) is 0 Å². The molecule has 3 heteroatoms. The first-order valence-corrected chi connectivity index (χ1v) is 5.35. The van der Waals surface area contributed by atoms with Gasteiger partial charge in [0.15, 0.2) is 0 Å². The van der Waals surface area contributed by atoms with Crippen LogP contribution in [-0.2, 0) is 0 Å². The monoisotopic (exact) mass is 216 g/mol. The third kappa shape index (κ3) is 2.25. The van der Waals surface area contributed by atoms with Crippen molar-refractivity contribution in [1.82, 2.24) is 0 Å². The lowest BCUT2D eigenvalue weighted by Gasteiger charge is -2.07. The molecule has 0 spiro atoms. The molecule has 0 aliphatic heterocycles. The van der Waals surface area contributed by atoms with E-state index < -0.39 is 0 Å². The quantitative estimate of drug-likeness (QED) is 0.823. The van der Waals surface area contributed by atoms with Crippen LogP contribution in [0.5, 0.6) is 5.75 Å². The number of nitrogens with one attached hydrogen (secondary N) is 1. The minimum absolute atomic E-state index is 0.640. The summed E-state index contributed by atoms with van der Waals surface area (Å²) in [6.07, 6.45) is 0. The molecule has 0 aromatic heterocycles. The maximum absolute atomic E-state index is 5.45. The van der Waals surface area contributed by atoms with Gasteiger partial charge in [-0.15, -0.1) is 0 Å². The molecule has 0 saturated heterocycles. The molecule has 0 unspecified atom stereocenters. The molecule has 0 amide bonds. The Balaban J connectivity index is 2.32. The van der Waals surface area contributed by atoms with Crippen molar-refractivity contribution in [1.29, 1.82) is 0 Å². The molecule has 0 radical (unpaired) electrons. The van der Waals surface area contributed by atoms with Crippen LogP contribution in [0.3, 0.4) is 0 Å². The first kappa shape index (κ1) is 10.8. The fourth-order valence-electron chi connectivity index (χ4n) is 1.68. The predicted molar refractivity (Wildman–Crippen MR) is 68.0 cm³/mol. The van der Waals surface area contributed by atoms with Crippen LogP contribution in [-0.4, -0.2) is 20.2 Å². The molecule has 3 nitrogen and oxygen atoms in total. The van der Waals surface area contributed by atoms with Gasteiger partial charge in [-0.1, -0.05) is 12.1 Å². The standard InChI is InChI=1S/C13H16N2O/c1-16-13-5-3-10-8-12(15-7-6-14)4-2-11(10)9-13/h2-5,8-9,15H,6-7,14H2,1H3. The molecule has 0 heterocycles. The van der Waals surface area contributed by atoms with Crippen molar-refractivity contribution < 1.29 is 4.74 Å². The van der Waals surface area contributed by atoms with Crippen molar-refractivity contribution in [3.05, 3.63) is 36.4 Å². The summed E-state index contributed by atoms with van der Waals surface area (Å²) in [6.45, 7) is 1.43. The van der Waals surface area contributed by atoms with Crippen LogP contribution < -0.4 is 15.8 Å². The number of methoxy groups -OCH3 is 1. The minimum Gasteiger partial charge on any atom is -0.497 e. The van der Waals surface area contributed by atoms with Crippen molar-refractivity contribution in [2.45, 2.75) is 0 Å². The summed E-state index contributed by atoms with van der Waals surface area (Å²) in [6, 6.07) is 12.3. The molecular weight excluding hydrogens is 200 g/mol. The lowest BCUT2D eigenvalue weighted by molar-refractivity contribution is 0.415. The number of hydrogen-bond donors (Lipinski definition) is 2. The Kier molecular flexibility index (Phi) is 3.27. The summed E-state index contributed by atoms with van der Waals surface area (Å²) in [4.78, 5) is 0. The topological polar surface area (TPSA) is 47.3 Å². The van der Waals surface area contributed by atoms with E-state index in [2.05, 4.69) is 29.6 Å². The average molecular weight is 216 g/mol. The second-order valence-electron chi connectivity index (χ2n) is 3.64. The van der Waals surface area contributed by atoms with Crippen molar-refractivity contribution in [2.75, 3.05) is 25.5 Å².